The molecule has 0 radical (unpaired) electrons. The summed E-state index contributed by atoms with van der Waals surface area (Å²) < 4.78 is 0. The highest BCUT2D eigenvalue weighted by molar-refractivity contribution is 5.98. The molecule has 2 aromatic rings. The summed E-state index contributed by atoms with van der Waals surface area (Å²) in [5.41, 5.74) is 0.272. The summed E-state index contributed by atoms with van der Waals surface area (Å²) in [4.78, 5) is 28.5. The summed E-state index contributed by atoms with van der Waals surface area (Å²) in [5, 5.41) is 17.9. The molecule has 0 aliphatic rings. The molecular weight excluding hydrogens is 224 g/mol. The molecule has 0 aliphatic carbocycles. The molecule has 86 valence electrons. The topological polar surface area (TPSA) is 103 Å². The Hall–Kier alpha value is -2.63. The maximum absolute atomic E-state index is 11.0. The number of hydrogen-bond acceptors (Lipinski definition) is 3. The van der Waals surface area contributed by atoms with Gasteiger partial charge in [-0.2, -0.15) is 0 Å². The molecule has 0 amide bonds. The number of carboxylic acids is 2. The Labute approximate surface area is 95.6 Å². The Kier molecular flexibility index (Phi) is 2.61. The van der Waals surface area contributed by atoms with Crippen LogP contribution in [0, 0.1) is 0 Å². The number of carboxylic acid groups (broad SMARTS) is 2. The van der Waals surface area contributed by atoms with Gasteiger partial charge in [0, 0.05) is 18.0 Å². The normalized spacial score (nSPS) is 10.1. The molecule has 0 bridgehead atoms. The number of hydrogen-bond donors (Lipinski definition) is 3. The minimum absolute atomic E-state index is 0.00458. The molecule has 0 unspecified atom stereocenters. The number of nitrogens with zero attached hydrogens (tertiary/aromatic N) is 1. The first kappa shape index (κ1) is 10.9. The van der Waals surface area contributed by atoms with Crippen molar-refractivity contribution in [1.29, 1.82) is 0 Å². The zero-order valence-corrected chi connectivity index (χ0v) is 8.54. The van der Waals surface area contributed by atoms with E-state index in [1.807, 2.05) is 0 Å². The lowest BCUT2D eigenvalue weighted by atomic mass is 10.0. The van der Waals surface area contributed by atoms with Crippen molar-refractivity contribution >= 4 is 11.9 Å². The van der Waals surface area contributed by atoms with E-state index < -0.39 is 11.9 Å². The number of imidazole rings is 1. The van der Waals surface area contributed by atoms with Crippen molar-refractivity contribution in [2.45, 2.75) is 0 Å². The summed E-state index contributed by atoms with van der Waals surface area (Å²) in [6.07, 6.45) is 3.00. The smallest absolute Gasteiger partial charge is 0.336 e. The van der Waals surface area contributed by atoms with Crippen molar-refractivity contribution in [2.24, 2.45) is 0 Å². The van der Waals surface area contributed by atoms with Crippen molar-refractivity contribution < 1.29 is 19.8 Å². The van der Waals surface area contributed by atoms with Crippen LogP contribution >= 0.6 is 0 Å². The van der Waals surface area contributed by atoms with Crippen LogP contribution in [0.1, 0.15) is 20.7 Å². The first-order valence-electron chi connectivity index (χ1n) is 4.70. The van der Waals surface area contributed by atoms with Gasteiger partial charge in [-0.3, -0.25) is 0 Å². The summed E-state index contributed by atoms with van der Waals surface area (Å²) in [6.45, 7) is 0. The van der Waals surface area contributed by atoms with E-state index in [9.17, 15) is 9.59 Å². The van der Waals surface area contributed by atoms with Crippen LogP contribution in [0.15, 0.2) is 30.6 Å². The molecule has 0 saturated heterocycles. The van der Waals surface area contributed by atoms with Crippen molar-refractivity contribution in [1.82, 2.24) is 9.97 Å². The highest BCUT2D eigenvalue weighted by atomic mass is 16.4. The quantitative estimate of drug-likeness (QED) is 0.743. The SMILES string of the molecule is O=C(O)c1ccc(C(=O)O)c(-c2ncc[nH]2)c1. The molecule has 6 heteroatoms. The molecular formula is C11H8N2O4. The van der Waals surface area contributed by atoms with E-state index in [-0.39, 0.29) is 16.7 Å². The number of aromatic nitrogens is 2. The average Bonchev–Trinajstić information content (AvgIpc) is 2.81. The lowest BCUT2D eigenvalue weighted by Gasteiger charge is -2.04. The first-order chi connectivity index (χ1) is 8.09. The molecule has 0 spiro atoms. The van der Waals surface area contributed by atoms with Gasteiger partial charge in [0.2, 0.25) is 0 Å². The zero-order chi connectivity index (χ0) is 12.4. The lowest BCUT2D eigenvalue weighted by molar-refractivity contribution is 0.0682. The molecule has 3 N–H and O–H groups in total. The van der Waals surface area contributed by atoms with Gasteiger partial charge in [0.15, 0.2) is 0 Å². The first-order valence-corrected chi connectivity index (χ1v) is 4.70. The van der Waals surface area contributed by atoms with E-state index in [4.69, 9.17) is 10.2 Å². The molecule has 2 rings (SSSR count). The van der Waals surface area contributed by atoms with Crippen LogP contribution in [0.4, 0.5) is 0 Å². The predicted molar refractivity (Wildman–Crippen MR) is 57.9 cm³/mol. The van der Waals surface area contributed by atoms with E-state index in [2.05, 4.69) is 9.97 Å². The van der Waals surface area contributed by atoms with Crippen molar-refractivity contribution in [3.63, 3.8) is 0 Å². The third-order valence-corrected chi connectivity index (χ3v) is 2.25. The Balaban J connectivity index is 2.64. The highest BCUT2D eigenvalue weighted by Gasteiger charge is 2.16. The van der Waals surface area contributed by atoms with Crippen LogP contribution in [-0.4, -0.2) is 32.1 Å². The summed E-state index contributed by atoms with van der Waals surface area (Å²) in [6, 6.07) is 3.78. The number of H-pyrrole nitrogens is 1. The molecule has 1 aromatic carbocycles. The molecule has 0 saturated carbocycles. The maximum atomic E-state index is 11.0. The third-order valence-electron chi connectivity index (χ3n) is 2.25. The Bertz CT molecular complexity index is 575. The Morgan fingerprint density at radius 2 is 1.94 bits per heavy atom. The highest BCUT2D eigenvalue weighted by Crippen LogP contribution is 2.22. The van der Waals surface area contributed by atoms with Gasteiger partial charge in [0.1, 0.15) is 5.82 Å². The van der Waals surface area contributed by atoms with Crippen LogP contribution in [0.3, 0.4) is 0 Å². The molecule has 6 nitrogen and oxygen atoms in total. The monoisotopic (exact) mass is 232 g/mol. The van der Waals surface area contributed by atoms with Crippen molar-refractivity contribution in [2.75, 3.05) is 0 Å². The molecule has 1 aromatic heterocycles. The van der Waals surface area contributed by atoms with Gasteiger partial charge in [0.25, 0.3) is 0 Å². The number of aromatic carboxylic acids is 2. The average molecular weight is 232 g/mol. The van der Waals surface area contributed by atoms with Crippen LogP contribution in [-0.2, 0) is 0 Å². The fourth-order valence-electron chi connectivity index (χ4n) is 1.47. The fraction of sp³-hybridized carbons (Fsp3) is 0. The second-order valence-electron chi connectivity index (χ2n) is 3.31. The Morgan fingerprint density at radius 1 is 1.18 bits per heavy atom. The molecule has 1 heterocycles. The predicted octanol–water partition coefficient (Wildman–Crippen LogP) is 1.47. The standard InChI is InChI=1S/C11H8N2O4/c14-10(15)6-1-2-7(11(16)17)8(5-6)9-12-3-4-13-9/h1-5H,(H,12,13)(H,14,15)(H,16,17). The van der Waals surface area contributed by atoms with Crippen LogP contribution in [0.5, 0.6) is 0 Å². The number of rotatable bonds is 3. The van der Waals surface area contributed by atoms with E-state index >= 15 is 0 Å². The van der Waals surface area contributed by atoms with Gasteiger partial charge in [-0.1, -0.05) is 0 Å². The van der Waals surface area contributed by atoms with Crippen LogP contribution in [0.25, 0.3) is 11.4 Å². The zero-order valence-electron chi connectivity index (χ0n) is 8.54. The van der Waals surface area contributed by atoms with Crippen LogP contribution in [0.2, 0.25) is 0 Å². The van der Waals surface area contributed by atoms with E-state index in [1.165, 1.54) is 30.6 Å². The van der Waals surface area contributed by atoms with Crippen LogP contribution < -0.4 is 0 Å². The molecule has 0 atom stereocenters. The van der Waals surface area contributed by atoms with Gasteiger partial charge >= 0.3 is 11.9 Å². The summed E-state index contributed by atoms with van der Waals surface area (Å²) >= 11 is 0. The number of nitrogens with one attached hydrogen (secondary N) is 1. The molecule has 0 aliphatic heterocycles. The molecule has 17 heavy (non-hydrogen) atoms. The van der Waals surface area contributed by atoms with E-state index in [1.54, 1.807) is 0 Å². The lowest BCUT2D eigenvalue weighted by Crippen LogP contribution is -2.04. The largest absolute Gasteiger partial charge is 0.478 e. The number of carbonyl (C=O) groups is 2. The van der Waals surface area contributed by atoms with Gasteiger partial charge < -0.3 is 15.2 Å². The van der Waals surface area contributed by atoms with Crippen molar-refractivity contribution in [3.05, 3.63) is 41.7 Å². The summed E-state index contributed by atoms with van der Waals surface area (Å²) in [5.74, 6) is -1.92. The number of benzene rings is 1. The second-order valence-corrected chi connectivity index (χ2v) is 3.31. The fourth-order valence-corrected chi connectivity index (χ4v) is 1.47. The Morgan fingerprint density at radius 3 is 2.47 bits per heavy atom. The minimum atomic E-state index is -1.13. The number of aromatic amines is 1. The van der Waals surface area contributed by atoms with E-state index in [0.717, 1.165) is 0 Å². The van der Waals surface area contributed by atoms with Crippen molar-refractivity contribution in [3.8, 4) is 11.4 Å². The third kappa shape index (κ3) is 2.00. The van der Waals surface area contributed by atoms with Gasteiger partial charge in [0.05, 0.1) is 11.1 Å². The van der Waals surface area contributed by atoms with Gasteiger partial charge in [-0.25, -0.2) is 14.6 Å². The second kappa shape index (κ2) is 4.09. The molecule has 0 fully saturated rings. The summed E-state index contributed by atoms with van der Waals surface area (Å²) in [7, 11) is 0. The minimum Gasteiger partial charge on any atom is -0.478 e. The maximum Gasteiger partial charge on any atom is 0.336 e. The van der Waals surface area contributed by atoms with Gasteiger partial charge in [-0.15, -0.1) is 0 Å². The van der Waals surface area contributed by atoms with E-state index in [0.29, 0.717) is 5.82 Å². The van der Waals surface area contributed by atoms with Gasteiger partial charge in [-0.05, 0) is 18.2 Å².